The lowest BCUT2D eigenvalue weighted by Gasteiger charge is -2.29. The second kappa shape index (κ2) is 8.03. The number of rotatable bonds is 6. The SMILES string of the molecule is [B]N1CCC(c2cccc(OCc3ccc(C(=O)C4CC4)cc3Cl)n2)CC1. The molecule has 27 heavy (non-hydrogen) atoms. The molecule has 4 rings (SSSR count). The Kier molecular flexibility index (Phi) is 5.51. The molecule has 0 amide bonds. The number of ether oxygens (including phenoxy) is 1. The molecule has 2 fully saturated rings. The summed E-state index contributed by atoms with van der Waals surface area (Å²) in [6.45, 7) is 2.10. The molecule has 2 aromatic rings. The van der Waals surface area contributed by atoms with Crippen molar-refractivity contribution in [1.82, 2.24) is 9.79 Å². The first-order chi connectivity index (χ1) is 13.1. The molecule has 1 aliphatic carbocycles. The molecule has 1 aromatic heterocycles. The van der Waals surface area contributed by atoms with E-state index in [4.69, 9.17) is 24.3 Å². The van der Waals surface area contributed by atoms with Crippen molar-refractivity contribution in [2.75, 3.05) is 13.1 Å². The molecule has 2 heterocycles. The maximum Gasteiger partial charge on any atom is 0.213 e. The average Bonchev–Trinajstić information content (AvgIpc) is 3.52. The van der Waals surface area contributed by atoms with E-state index in [2.05, 4.69) is 11.1 Å². The first kappa shape index (κ1) is 18.5. The predicted molar refractivity (Wildman–Crippen MR) is 106 cm³/mol. The number of hydrogen-bond donors (Lipinski definition) is 0. The van der Waals surface area contributed by atoms with Gasteiger partial charge in [-0.2, -0.15) is 0 Å². The summed E-state index contributed by atoms with van der Waals surface area (Å²) in [5.41, 5.74) is 2.60. The zero-order valence-corrected chi connectivity index (χ0v) is 16.0. The van der Waals surface area contributed by atoms with Crippen molar-refractivity contribution in [3.63, 3.8) is 0 Å². The molecule has 2 aliphatic rings. The summed E-state index contributed by atoms with van der Waals surface area (Å²) in [6, 6.07) is 11.4. The smallest absolute Gasteiger partial charge is 0.213 e. The van der Waals surface area contributed by atoms with E-state index in [1.165, 1.54) is 0 Å². The topological polar surface area (TPSA) is 42.4 Å². The number of pyridine rings is 1. The third-order valence-corrected chi connectivity index (χ3v) is 5.71. The van der Waals surface area contributed by atoms with E-state index >= 15 is 0 Å². The van der Waals surface area contributed by atoms with Gasteiger partial charge in [0, 0.05) is 39.7 Å². The Bertz CT molecular complexity index is 833. The summed E-state index contributed by atoms with van der Waals surface area (Å²) < 4.78 is 5.87. The number of halogens is 1. The maximum absolute atomic E-state index is 12.1. The summed E-state index contributed by atoms with van der Waals surface area (Å²) >= 11 is 6.36. The minimum absolute atomic E-state index is 0.196. The van der Waals surface area contributed by atoms with E-state index < -0.39 is 0 Å². The van der Waals surface area contributed by atoms with Gasteiger partial charge in [-0.25, -0.2) is 4.98 Å². The van der Waals surface area contributed by atoms with Crippen molar-refractivity contribution in [2.45, 2.75) is 38.2 Å². The van der Waals surface area contributed by atoms with Crippen LogP contribution in [-0.2, 0) is 6.61 Å². The Hall–Kier alpha value is -1.85. The van der Waals surface area contributed by atoms with Gasteiger partial charge in [0.2, 0.25) is 5.88 Å². The third-order valence-electron chi connectivity index (χ3n) is 5.35. The van der Waals surface area contributed by atoms with Gasteiger partial charge < -0.3 is 9.55 Å². The van der Waals surface area contributed by atoms with E-state index in [0.29, 0.717) is 29.0 Å². The van der Waals surface area contributed by atoms with Gasteiger partial charge in [-0.1, -0.05) is 29.8 Å². The summed E-state index contributed by atoms with van der Waals surface area (Å²) in [4.78, 5) is 18.7. The second-order valence-electron chi connectivity index (χ2n) is 7.44. The number of Topliss-reactive ketones (excluding diaryl/α,β-unsaturated/α-hetero) is 1. The van der Waals surface area contributed by atoms with Crippen LogP contribution in [0.5, 0.6) is 5.88 Å². The van der Waals surface area contributed by atoms with Crippen molar-refractivity contribution < 1.29 is 9.53 Å². The molecule has 1 saturated heterocycles. The fourth-order valence-electron chi connectivity index (χ4n) is 3.48. The molecule has 0 spiro atoms. The highest BCUT2D eigenvalue weighted by Gasteiger charge is 2.30. The summed E-state index contributed by atoms with van der Waals surface area (Å²) in [6.07, 6.45) is 4.01. The van der Waals surface area contributed by atoms with Crippen molar-refractivity contribution >= 4 is 25.4 Å². The van der Waals surface area contributed by atoms with Gasteiger partial charge in [0.15, 0.2) is 13.8 Å². The molecular weight excluding hydrogens is 359 g/mol. The van der Waals surface area contributed by atoms with Crippen LogP contribution in [0, 0.1) is 5.92 Å². The Morgan fingerprint density at radius 1 is 1.19 bits per heavy atom. The van der Waals surface area contributed by atoms with Gasteiger partial charge in [-0.3, -0.25) is 4.79 Å². The normalized spacial score (nSPS) is 18.4. The lowest BCUT2D eigenvalue weighted by Crippen LogP contribution is -2.30. The van der Waals surface area contributed by atoms with Gasteiger partial charge in [0.25, 0.3) is 0 Å². The fourth-order valence-corrected chi connectivity index (χ4v) is 3.72. The van der Waals surface area contributed by atoms with Crippen molar-refractivity contribution in [2.24, 2.45) is 5.92 Å². The molecule has 1 saturated carbocycles. The highest BCUT2D eigenvalue weighted by molar-refractivity contribution is 6.31. The average molecular weight is 381 g/mol. The van der Waals surface area contributed by atoms with Crippen LogP contribution in [0.25, 0.3) is 0 Å². The summed E-state index contributed by atoms with van der Waals surface area (Å²) in [7, 11) is 5.83. The number of benzene rings is 1. The molecule has 2 radical (unpaired) electrons. The van der Waals surface area contributed by atoms with Crippen LogP contribution in [0.3, 0.4) is 0 Å². The highest BCUT2D eigenvalue weighted by atomic mass is 35.5. The van der Waals surface area contributed by atoms with E-state index in [0.717, 1.165) is 50.0 Å². The monoisotopic (exact) mass is 380 g/mol. The third kappa shape index (κ3) is 4.53. The van der Waals surface area contributed by atoms with E-state index in [9.17, 15) is 4.79 Å². The molecule has 1 aromatic carbocycles. The van der Waals surface area contributed by atoms with Crippen LogP contribution < -0.4 is 4.74 Å². The number of nitrogens with zero attached hydrogens (tertiary/aromatic N) is 2. The minimum atomic E-state index is 0.196. The van der Waals surface area contributed by atoms with Gasteiger partial charge >= 0.3 is 0 Å². The number of aromatic nitrogens is 1. The zero-order chi connectivity index (χ0) is 18.8. The first-order valence-corrected chi connectivity index (χ1v) is 9.90. The summed E-state index contributed by atoms with van der Waals surface area (Å²) in [5, 5.41) is 0.563. The van der Waals surface area contributed by atoms with Crippen LogP contribution in [-0.4, -0.2) is 36.6 Å². The number of piperidine rings is 1. The molecule has 0 bridgehead atoms. The van der Waals surface area contributed by atoms with Crippen LogP contribution in [0.1, 0.15) is 53.2 Å². The first-order valence-electron chi connectivity index (χ1n) is 9.52. The Morgan fingerprint density at radius 3 is 2.67 bits per heavy atom. The van der Waals surface area contributed by atoms with Crippen LogP contribution in [0.2, 0.25) is 5.02 Å². The quantitative estimate of drug-likeness (QED) is 0.557. The zero-order valence-electron chi connectivity index (χ0n) is 15.2. The number of hydrogen-bond acceptors (Lipinski definition) is 4. The molecule has 0 N–H and O–H groups in total. The van der Waals surface area contributed by atoms with E-state index in [-0.39, 0.29) is 11.7 Å². The van der Waals surface area contributed by atoms with Gasteiger partial charge in [-0.05, 0) is 50.9 Å². The lowest BCUT2D eigenvalue weighted by molar-refractivity contribution is 0.0967. The van der Waals surface area contributed by atoms with Crippen LogP contribution in [0.4, 0.5) is 0 Å². The molecule has 1 aliphatic heterocycles. The van der Waals surface area contributed by atoms with Crippen molar-refractivity contribution in [3.8, 4) is 5.88 Å². The fraction of sp³-hybridized carbons (Fsp3) is 0.429. The van der Waals surface area contributed by atoms with Crippen molar-refractivity contribution in [1.29, 1.82) is 0 Å². The predicted octanol–water partition coefficient (Wildman–Crippen LogP) is 4.17. The Morgan fingerprint density at radius 2 is 1.96 bits per heavy atom. The molecule has 6 heteroatoms. The largest absolute Gasteiger partial charge is 0.473 e. The Labute approximate surface area is 166 Å². The maximum atomic E-state index is 12.1. The molecule has 0 unspecified atom stereocenters. The molecule has 138 valence electrons. The van der Waals surface area contributed by atoms with Crippen LogP contribution in [0.15, 0.2) is 36.4 Å². The standard InChI is InChI=1S/C21H22BClN2O2/c22-25-10-8-14(9-11-25)19-2-1-3-20(24-19)27-13-17-7-6-16(12-18(17)23)21(26)15-4-5-15/h1-3,6-7,12,14-15H,4-5,8-11,13H2. The molecule has 4 nitrogen and oxygen atoms in total. The van der Waals surface area contributed by atoms with Gasteiger partial charge in [0.05, 0.1) is 0 Å². The molecular formula is C21H22BClN2O2. The van der Waals surface area contributed by atoms with Crippen LogP contribution >= 0.6 is 11.6 Å². The van der Waals surface area contributed by atoms with Crippen molar-refractivity contribution in [3.05, 3.63) is 58.2 Å². The molecule has 0 atom stereocenters. The number of carbonyl (C=O) groups excluding carboxylic acids is 1. The highest BCUT2D eigenvalue weighted by Crippen LogP contribution is 2.33. The number of carbonyl (C=O) groups is 1. The van der Waals surface area contributed by atoms with Gasteiger partial charge in [0.1, 0.15) is 6.61 Å². The van der Waals surface area contributed by atoms with E-state index in [1.54, 1.807) is 6.07 Å². The number of ketones is 1. The van der Waals surface area contributed by atoms with E-state index in [1.807, 2.05) is 29.1 Å². The summed E-state index contributed by atoms with van der Waals surface area (Å²) in [5.74, 6) is 1.41. The second-order valence-corrected chi connectivity index (χ2v) is 7.85. The van der Waals surface area contributed by atoms with Gasteiger partial charge in [-0.15, -0.1) is 0 Å². The lowest BCUT2D eigenvalue weighted by atomic mass is 9.92. The Balaban J connectivity index is 1.40. The minimum Gasteiger partial charge on any atom is -0.473 e.